The normalized spacial score (nSPS) is 13.6. The molecule has 0 unspecified atom stereocenters. The predicted octanol–water partition coefficient (Wildman–Crippen LogP) is 4.85. The summed E-state index contributed by atoms with van der Waals surface area (Å²) in [4.78, 5) is 37.3. The quantitative estimate of drug-likeness (QED) is 0.410. The molecule has 11 heteroatoms. The van der Waals surface area contributed by atoms with E-state index in [0.29, 0.717) is 16.1 Å². The molecule has 0 atom stereocenters. The number of hydrogen-bond donors (Lipinski definition) is 1. The number of anilines is 1. The number of ketones is 1. The van der Waals surface area contributed by atoms with Crippen LogP contribution < -0.4 is 5.32 Å². The third kappa shape index (κ3) is 4.46. The predicted molar refractivity (Wildman–Crippen MR) is 111 cm³/mol. The van der Waals surface area contributed by atoms with Gasteiger partial charge in [0.25, 0.3) is 6.43 Å². The monoisotopic (exact) mass is 503 g/mol. The molecule has 0 spiro atoms. The highest BCUT2D eigenvalue weighted by Gasteiger charge is 2.34. The van der Waals surface area contributed by atoms with Crippen molar-refractivity contribution in [1.29, 1.82) is 0 Å². The summed E-state index contributed by atoms with van der Waals surface area (Å²) in [6.45, 7) is 4.47. The average Bonchev–Trinajstić information content (AvgIpc) is 3.35. The molecule has 30 heavy (non-hydrogen) atoms. The number of aromatic nitrogens is 2. The fourth-order valence-corrected chi connectivity index (χ4v) is 5.05. The fraction of sp³-hybridized carbons (Fsp3) is 0.474. The van der Waals surface area contributed by atoms with Crippen LogP contribution in [0.25, 0.3) is 0 Å². The van der Waals surface area contributed by atoms with Gasteiger partial charge in [0.05, 0.1) is 27.2 Å². The van der Waals surface area contributed by atoms with E-state index in [-0.39, 0.29) is 39.9 Å². The van der Waals surface area contributed by atoms with Crippen LogP contribution in [0.1, 0.15) is 76.0 Å². The molecule has 2 aromatic heterocycles. The van der Waals surface area contributed by atoms with Crippen LogP contribution in [0, 0.1) is 6.92 Å². The Labute approximate surface area is 183 Å². The van der Waals surface area contributed by atoms with Gasteiger partial charge in [-0.3, -0.25) is 14.3 Å². The number of carbonyl (C=O) groups excluding carboxylic acids is 3. The molecule has 162 valence electrons. The summed E-state index contributed by atoms with van der Waals surface area (Å²) < 4.78 is 33.0. The molecule has 1 aliphatic rings. The second-order valence-corrected chi connectivity index (χ2v) is 8.72. The maximum absolute atomic E-state index is 13.2. The van der Waals surface area contributed by atoms with Gasteiger partial charge in [-0.05, 0) is 55.1 Å². The number of rotatable bonds is 8. The number of esters is 1. The van der Waals surface area contributed by atoms with Crippen LogP contribution in [0.2, 0.25) is 0 Å². The van der Waals surface area contributed by atoms with E-state index >= 15 is 0 Å². The summed E-state index contributed by atoms with van der Waals surface area (Å²) in [5, 5.41) is 6.72. The van der Waals surface area contributed by atoms with Gasteiger partial charge < -0.3 is 10.1 Å². The van der Waals surface area contributed by atoms with Gasteiger partial charge >= 0.3 is 5.97 Å². The topological polar surface area (TPSA) is 90.3 Å². The highest BCUT2D eigenvalue weighted by molar-refractivity contribution is 9.10. The minimum absolute atomic E-state index is 0.0792. The maximum atomic E-state index is 13.2. The zero-order chi connectivity index (χ0) is 22.2. The molecule has 0 aliphatic heterocycles. The molecule has 0 radical (unpaired) electrons. The van der Waals surface area contributed by atoms with Crippen molar-refractivity contribution in [3.63, 3.8) is 0 Å². The number of amides is 1. The van der Waals surface area contributed by atoms with Crippen LogP contribution in [0.15, 0.2) is 4.47 Å². The lowest BCUT2D eigenvalue weighted by Crippen LogP contribution is -2.21. The molecule has 2 aromatic rings. The number of alkyl halides is 2. The first-order valence-electron chi connectivity index (χ1n) is 9.31. The number of ether oxygens (including phenoxy) is 1. The standard InChI is InChI=1S/C19H20BrF2N3O4S/c1-4-29-19(28)12-8(2)16(9(3)26)30-18(12)23-11(27)7-25-15(10-5-6-10)13(20)14(24-25)17(21)22/h10,17H,4-7H2,1-3H3,(H,23,27). The largest absolute Gasteiger partial charge is 0.462 e. The number of halogens is 3. The van der Waals surface area contributed by atoms with Crippen LogP contribution in [-0.4, -0.2) is 34.0 Å². The van der Waals surface area contributed by atoms with E-state index in [9.17, 15) is 23.2 Å². The maximum Gasteiger partial charge on any atom is 0.341 e. The Kier molecular flexibility index (Phi) is 6.71. The lowest BCUT2D eigenvalue weighted by molar-refractivity contribution is -0.116. The lowest BCUT2D eigenvalue weighted by Gasteiger charge is -2.09. The molecule has 7 nitrogen and oxygen atoms in total. The minimum atomic E-state index is -2.77. The fourth-order valence-electron chi connectivity index (χ4n) is 3.17. The SMILES string of the molecule is CCOC(=O)c1c(NC(=O)Cn2nc(C(F)F)c(Br)c2C2CC2)sc(C(C)=O)c1C. The molecule has 0 aromatic carbocycles. The number of Topliss-reactive ketones (excluding diaryl/α,β-unsaturated/α-hetero) is 1. The van der Waals surface area contributed by atoms with Crippen molar-refractivity contribution < 1.29 is 27.9 Å². The summed E-state index contributed by atoms with van der Waals surface area (Å²) in [6.07, 6.45) is -1.09. The van der Waals surface area contributed by atoms with Crippen LogP contribution in [0.5, 0.6) is 0 Å². The van der Waals surface area contributed by atoms with Gasteiger partial charge in [-0.15, -0.1) is 11.3 Å². The smallest absolute Gasteiger partial charge is 0.341 e. The number of thiophene rings is 1. The summed E-state index contributed by atoms with van der Waals surface area (Å²) in [5.41, 5.74) is 0.722. The van der Waals surface area contributed by atoms with E-state index in [1.807, 2.05) is 0 Å². The van der Waals surface area contributed by atoms with E-state index < -0.39 is 24.0 Å². The number of nitrogens with zero attached hydrogens (tertiary/aromatic N) is 2. The van der Waals surface area contributed by atoms with E-state index in [1.54, 1.807) is 13.8 Å². The molecule has 3 rings (SSSR count). The van der Waals surface area contributed by atoms with Gasteiger partial charge in [0, 0.05) is 5.92 Å². The highest BCUT2D eigenvalue weighted by atomic mass is 79.9. The highest BCUT2D eigenvalue weighted by Crippen LogP contribution is 2.45. The minimum Gasteiger partial charge on any atom is -0.462 e. The average molecular weight is 504 g/mol. The Morgan fingerprint density at radius 2 is 2.03 bits per heavy atom. The molecule has 1 saturated carbocycles. The van der Waals surface area contributed by atoms with E-state index in [1.165, 1.54) is 11.6 Å². The van der Waals surface area contributed by atoms with Crippen molar-refractivity contribution in [3.8, 4) is 0 Å². The van der Waals surface area contributed by atoms with Crippen LogP contribution in [0.3, 0.4) is 0 Å². The van der Waals surface area contributed by atoms with Gasteiger partial charge in [0.1, 0.15) is 17.2 Å². The van der Waals surface area contributed by atoms with E-state index in [4.69, 9.17) is 4.74 Å². The molecular weight excluding hydrogens is 484 g/mol. The Hall–Kier alpha value is -2.14. The molecule has 1 N–H and O–H groups in total. The molecular formula is C19H20BrF2N3O4S. The van der Waals surface area contributed by atoms with Gasteiger partial charge in [0.15, 0.2) is 5.78 Å². The first-order chi connectivity index (χ1) is 14.1. The van der Waals surface area contributed by atoms with Gasteiger partial charge in [-0.2, -0.15) is 5.10 Å². The van der Waals surface area contributed by atoms with Gasteiger partial charge in [-0.25, -0.2) is 13.6 Å². The zero-order valence-corrected chi connectivity index (χ0v) is 19.0. The summed E-state index contributed by atoms with van der Waals surface area (Å²) in [7, 11) is 0. The van der Waals surface area contributed by atoms with E-state index in [2.05, 4.69) is 26.3 Å². The molecule has 1 fully saturated rings. The van der Waals surface area contributed by atoms with Crippen molar-refractivity contribution >= 4 is 49.9 Å². The van der Waals surface area contributed by atoms with E-state index in [0.717, 1.165) is 24.2 Å². The van der Waals surface area contributed by atoms with Crippen molar-refractivity contribution in [2.45, 2.75) is 52.5 Å². The van der Waals surface area contributed by atoms with Crippen molar-refractivity contribution in [3.05, 3.63) is 31.9 Å². The molecule has 0 saturated heterocycles. The van der Waals surface area contributed by atoms with Crippen molar-refractivity contribution in [2.24, 2.45) is 0 Å². The Morgan fingerprint density at radius 1 is 1.37 bits per heavy atom. The lowest BCUT2D eigenvalue weighted by atomic mass is 10.1. The van der Waals surface area contributed by atoms with Gasteiger partial charge in [-0.1, -0.05) is 0 Å². The van der Waals surface area contributed by atoms with Crippen LogP contribution in [-0.2, 0) is 16.1 Å². The van der Waals surface area contributed by atoms with Gasteiger partial charge in [0.2, 0.25) is 5.91 Å². The first kappa shape index (κ1) is 22.5. The van der Waals surface area contributed by atoms with Crippen LogP contribution in [0.4, 0.5) is 13.8 Å². The van der Waals surface area contributed by atoms with Crippen molar-refractivity contribution in [2.75, 3.05) is 11.9 Å². The Balaban J connectivity index is 1.88. The third-order valence-electron chi connectivity index (χ3n) is 4.62. The second kappa shape index (κ2) is 8.93. The van der Waals surface area contributed by atoms with Crippen molar-refractivity contribution in [1.82, 2.24) is 9.78 Å². The summed E-state index contributed by atoms with van der Waals surface area (Å²) in [5.74, 6) is -1.35. The number of nitrogens with one attached hydrogen (secondary N) is 1. The number of hydrogen-bond acceptors (Lipinski definition) is 6. The first-order valence-corrected chi connectivity index (χ1v) is 10.9. The molecule has 1 amide bonds. The molecule has 2 heterocycles. The molecule has 0 bridgehead atoms. The zero-order valence-electron chi connectivity index (χ0n) is 16.6. The molecule has 1 aliphatic carbocycles. The summed E-state index contributed by atoms with van der Waals surface area (Å²) >= 11 is 4.17. The Morgan fingerprint density at radius 3 is 2.57 bits per heavy atom. The summed E-state index contributed by atoms with van der Waals surface area (Å²) in [6, 6.07) is 0. The number of carbonyl (C=O) groups is 3. The second-order valence-electron chi connectivity index (χ2n) is 6.90. The Bertz CT molecular complexity index is 1010. The third-order valence-corrected chi connectivity index (χ3v) is 6.74. The van der Waals surface area contributed by atoms with Crippen LogP contribution >= 0.6 is 27.3 Å².